The average molecular weight is 713 g/mol. The first-order valence-electron chi connectivity index (χ1n) is 18.0. The zero-order valence-electron chi connectivity index (χ0n) is 28.6. The van der Waals surface area contributed by atoms with E-state index in [-0.39, 0.29) is 5.50 Å². The number of rotatable bonds is 4. The summed E-state index contributed by atoms with van der Waals surface area (Å²) in [5, 5.41) is 10.6. The topological polar surface area (TPSA) is 73.7 Å². The Morgan fingerprint density at radius 1 is 0.500 bits per heavy atom. The van der Waals surface area contributed by atoms with Gasteiger partial charge in [-0.3, -0.25) is 4.57 Å². The van der Waals surface area contributed by atoms with Gasteiger partial charge < -0.3 is 14.3 Å². The van der Waals surface area contributed by atoms with E-state index >= 15 is 0 Å². The van der Waals surface area contributed by atoms with Gasteiger partial charge in [-0.15, -0.1) is 0 Å². The Balaban J connectivity index is 1.18. The normalized spacial score (nSPS) is 14.2. The molecule has 1 atom stereocenters. The molecule has 0 spiro atoms. The molecule has 5 heterocycles. The number of hydrogen-bond acceptors (Lipinski definition) is 6. The van der Waals surface area contributed by atoms with Crippen LogP contribution in [0.25, 0.3) is 94.3 Å². The van der Waals surface area contributed by atoms with Gasteiger partial charge in [0.05, 0.1) is 27.8 Å². The van der Waals surface area contributed by atoms with E-state index in [2.05, 4.69) is 118 Å². The average Bonchev–Trinajstić information content (AvgIpc) is 3.99. The van der Waals surface area contributed by atoms with Gasteiger partial charge in [0.1, 0.15) is 11.2 Å². The van der Waals surface area contributed by atoms with Crippen molar-refractivity contribution in [1.29, 1.82) is 0 Å². The van der Waals surface area contributed by atoms with Crippen molar-refractivity contribution in [1.82, 2.24) is 24.1 Å². The zero-order chi connectivity index (χ0) is 35.3. The summed E-state index contributed by atoms with van der Waals surface area (Å²) in [5.74, 6) is 1.72. The molecule has 0 radical (unpaired) electrons. The molecule has 1 aliphatic rings. The minimum atomic E-state index is -0.0637. The van der Waals surface area contributed by atoms with Crippen LogP contribution in [-0.4, -0.2) is 24.1 Å². The maximum Gasteiger partial charge on any atom is 0.238 e. The molecule has 0 saturated heterocycles. The Morgan fingerprint density at radius 3 is 1.96 bits per heavy atom. The highest BCUT2D eigenvalue weighted by atomic mass is 32.2. The predicted octanol–water partition coefficient (Wildman–Crippen LogP) is 12.0. The molecule has 11 aromatic rings. The van der Waals surface area contributed by atoms with Gasteiger partial charge in [-0.2, -0.15) is 9.97 Å². The summed E-state index contributed by atoms with van der Waals surface area (Å²) in [4.78, 5) is 16.9. The molecule has 1 unspecified atom stereocenters. The number of fused-ring (bicyclic) bond motifs is 11. The van der Waals surface area contributed by atoms with Crippen LogP contribution in [0.3, 0.4) is 0 Å². The van der Waals surface area contributed by atoms with Gasteiger partial charge in [-0.05, 0) is 42.5 Å². The second kappa shape index (κ2) is 11.3. The van der Waals surface area contributed by atoms with Crippen molar-refractivity contribution in [3.8, 4) is 28.7 Å². The van der Waals surface area contributed by atoms with Gasteiger partial charge in [-0.25, -0.2) is 4.98 Å². The molecular formula is C46H28N6OS. The summed E-state index contributed by atoms with van der Waals surface area (Å²) >= 11 is 1.83. The SMILES string of the molecule is c1ccc(-c2nc(-c3ccc4c(c3)oc3ccccc34)nc(-n3c4ccccc4c4ccc5c6ccccc6n(C6Nc7ccccc7S6)c5c43)n2)cc1. The van der Waals surface area contributed by atoms with E-state index in [1.165, 1.54) is 15.7 Å². The van der Waals surface area contributed by atoms with Crippen molar-refractivity contribution in [3.05, 3.63) is 158 Å². The Hall–Kier alpha value is -6.90. The molecule has 0 aliphatic carbocycles. The van der Waals surface area contributed by atoms with E-state index in [1.807, 2.05) is 66.4 Å². The second-order valence-corrected chi connectivity index (χ2v) is 14.8. The van der Waals surface area contributed by atoms with Gasteiger partial charge >= 0.3 is 0 Å². The molecule has 0 fully saturated rings. The van der Waals surface area contributed by atoms with Crippen LogP contribution in [0.1, 0.15) is 5.50 Å². The van der Waals surface area contributed by atoms with Crippen LogP contribution in [0.15, 0.2) is 167 Å². The van der Waals surface area contributed by atoms with E-state index in [4.69, 9.17) is 19.4 Å². The number of thioether (sulfide) groups is 1. The third-order valence-electron chi connectivity index (χ3n) is 10.6. The number of aromatic nitrogens is 5. The molecular weight excluding hydrogens is 685 g/mol. The Labute approximate surface area is 312 Å². The molecule has 1 aliphatic heterocycles. The molecule has 7 aromatic carbocycles. The van der Waals surface area contributed by atoms with Crippen molar-refractivity contribution in [2.75, 3.05) is 5.32 Å². The smallest absolute Gasteiger partial charge is 0.238 e. The molecule has 0 saturated carbocycles. The molecule has 12 rings (SSSR count). The molecule has 254 valence electrons. The van der Waals surface area contributed by atoms with Gasteiger partial charge in [0.2, 0.25) is 5.95 Å². The highest BCUT2D eigenvalue weighted by molar-refractivity contribution is 8.00. The van der Waals surface area contributed by atoms with Crippen molar-refractivity contribution in [2.45, 2.75) is 10.4 Å². The molecule has 54 heavy (non-hydrogen) atoms. The van der Waals surface area contributed by atoms with Crippen molar-refractivity contribution < 1.29 is 4.42 Å². The fourth-order valence-corrected chi connectivity index (χ4v) is 9.41. The fraction of sp³-hybridized carbons (Fsp3) is 0.0217. The summed E-state index contributed by atoms with van der Waals surface area (Å²) in [6.07, 6.45) is 0. The van der Waals surface area contributed by atoms with Gasteiger partial charge in [0.25, 0.3) is 0 Å². The summed E-state index contributed by atoms with van der Waals surface area (Å²) in [6.45, 7) is 0. The maximum atomic E-state index is 6.32. The van der Waals surface area contributed by atoms with E-state index in [0.717, 1.165) is 71.6 Å². The quantitative estimate of drug-likeness (QED) is 0.196. The third kappa shape index (κ3) is 4.28. The van der Waals surface area contributed by atoms with Crippen LogP contribution < -0.4 is 5.32 Å². The molecule has 0 bridgehead atoms. The molecule has 0 amide bonds. The van der Waals surface area contributed by atoms with Crippen molar-refractivity contribution in [3.63, 3.8) is 0 Å². The maximum absolute atomic E-state index is 6.32. The summed E-state index contributed by atoms with van der Waals surface area (Å²) < 4.78 is 11.0. The van der Waals surface area contributed by atoms with Crippen LogP contribution in [0, 0.1) is 0 Å². The number of para-hydroxylation sites is 4. The Kier molecular flexibility index (Phi) is 6.20. The standard InChI is InChI=1S/C46H28N6OS/c1-2-12-27(13-3-1)43-48-44(28-22-23-32-31-16-6-10-20-38(31)53-39(32)26-28)50-45(49-43)51-36-18-8-4-14-29(36)33-24-25-34-30-15-5-9-19-37(30)52(42(34)41(33)51)46-47-35-17-7-11-21-40(35)54-46/h1-26,46-47H. The molecule has 7 nitrogen and oxygen atoms in total. The summed E-state index contributed by atoms with van der Waals surface area (Å²) in [7, 11) is 0. The number of nitrogens with zero attached hydrogens (tertiary/aromatic N) is 5. The third-order valence-corrected chi connectivity index (χ3v) is 11.8. The van der Waals surface area contributed by atoms with E-state index < -0.39 is 0 Å². The number of furan rings is 1. The highest BCUT2D eigenvalue weighted by Gasteiger charge is 2.29. The van der Waals surface area contributed by atoms with E-state index in [0.29, 0.717) is 17.6 Å². The second-order valence-electron chi connectivity index (χ2n) is 13.7. The molecule has 4 aromatic heterocycles. The Morgan fingerprint density at radius 2 is 1.13 bits per heavy atom. The van der Waals surface area contributed by atoms with Crippen LogP contribution in [0.2, 0.25) is 0 Å². The van der Waals surface area contributed by atoms with Crippen LogP contribution in [0.4, 0.5) is 5.69 Å². The van der Waals surface area contributed by atoms with Gasteiger partial charge in [-0.1, -0.05) is 127 Å². The largest absolute Gasteiger partial charge is 0.456 e. The number of nitrogens with one attached hydrogen (secondary N) is 1. The van der Waals surface area contributed by atoms with Gasteiger partial charge in [0, 0.05) is 48.3 Å². The lowest BCUT2D eigenvalue weighted by Gasteiger charge is -2.17. The first kappa shape index (κ1) is 29.7. The number of hydrogen-bond donors (Lipinski definition) is 1. The first-order chi connectivity index (χ1) is 26.8. The fourth-order valence-electron chi connectivity index (χ4n) is 8.25. The Bertz CT molecular complexity index is 3280. The minimum Gasteiger partial charge on any atom is -0.456 e. The number of anilines is 1. The predicted molar refractivity (Wildman–Crippen MR) is 220 cm³/mol. The van der Waals surface area contributed by atoms with Crippen molar-refractivity contribution >= 4 is 83.0 Å². The lowest BCUT2D eigenvalue weighted by molar-refractivity contribution is 0.669. The lowest BCUT2D eigenvalue weighted by atomic mass is 10.1. The zero-order valence-corrected chi connectivity index (χ0v) is 29.5. The lowest BCUT2D eigenvalue weighted by Crippen LogP contribution is -2.12. The van der Waals surface area contributed by atoms with Crippen LogP contribution in [0.5, 0.6) is 0 Å². The summed E-state index contributed by atoms with van der Waals surface area (Å²) in [5.41, 5.74) is 8.85. The van der Waals surface area contributed by atoms with E-state index in [9.17, 15) is 0 Å². The van der Waals surface area contributed by atoms with E-state index in [1.54, 1.807) is 0 Å². The van der Waals surface area contributed by atoms with Crippen LogP contribution >= 0.6 is 11.8 Å². The molecule has 8 heteroatoms. The van der Waals surface area contributed by atoms with Crippen LogP contribution in [-0.2, 0) is 0 Å². The first-order valence-corrected chi connectivity index (χ1v) is 18.9. The monoisotopic (exact) mass is 712 g/mol. The minimum absolute atomic E-state index is 0.0637. The van der Waals surface area contributed by atoms with Crippen molar-refractivity contribution in [2.24, 2.45) is 0 Å². The number of benzene rings is 7. The highest BCUT2D eigenvalue weighted by Crippen LogP contribution is 2.49. The van der Waals surface area contributed by atoms with Gasteiger partial charge in [0.15, 0.2) is 17.1 Å². The molecule has 1 N–H and O–H groups in total. The summed E-state index contributed by atoms with van der Waals surface area (Å²) in [6, 6.07) is 54.8.